The standard InChI is InChI=1S/C13H19NOS/c1-3-5-8-13(15)14(9-4-2)11-12-7-6-10-16-12/h4,6-7,10H,2-3,5,8-9,11H2,1H3. The molecule has 0 bridgehead atoms. The van der Waals surface area contributed by atoms with Crippen molar-refractivity contribution in [2.24, 2.45) is 0 Å². The predicted molar refractivity (Wildman–Crippen MR) is 69.5 cm³/mol. The smallest absolute Gasteiger partial charge is 0.223 e. The SMILES string of the molecule is C=CCN(Cc1cccs1)C(=O)CCCC. The van der Waals surface area contributed by atoms with E-state index < -0.39 is 0 Å². The fourth-order valence-electron chi connectivity index (χ4n) is 1.49. The first-order valence-corrected chi connectivity index (χ1v) is 6.57. The van der Waals surface area contributed by atoms with Crippen LogP contribution in [0.4, 0.5) is 0 Å². The van der Waals surface area contributed by atoms with Crippen LogP contribution in [0.1, 0.15) is 31.1 Å². The van der Waals surface area contributed by atoms with Gasteiger partial charge < -0.3 is 4.90 Å². The van der Waals surface area contributed by atoms with E-state index in [2.05, 4.69) is 19.6 Å². The number of rotatable bonds is 7. The Balaban J connectivity index is 2.52. The number of hydrogen-bond donors (Lipinski definition) is 0. The van der Waals surface area contributed by atoms with E-state index in [-0.39, 0.29) is 5.91 Å². The highest BCUT2D eigenvalue weighted by Gasteiger charge is 2.12. The van der Waals surface area contributed by atoms with Crippen LogP contribution in [0.5, 0.6) is 0 Å². The molecule has 0 spiro atoms. The number of thiophene rings is 1. The van der Waals surface area contributed by atoms with Crippen LogP contribution in [-0.2, 0) is 11.3 Å². The summed E-state index contributed by atoms with van der Waals surface area (Å²) >= 11 is 1.69. The number of amides is 1. The van der Waals surface area contributed by atoms with E-state index in [1.54, 1.807) is 17.4 Å². The van der Waals surface area contributed by atoms with Gasteiger partial charge >= 0.3 is 0 Å². The van der Waals surface area contributed by atoms with Gasteiger partial charge in [0.2, 0.25) is 5.91 Å². The molecular weight excluding hydrogens is 218 g/mol. The second kappa shape index (κ2) is 7.23. The Labute approximate surface area is 102 Å². The van der Waals surface area contributed by atoms with Gasteiger partial charge in [-0.15, -0.1) is 17.9 Å². The molecule has 1 aromatic rings. The zero-order valence-electron chi connectivity index (χ0n) is 9.82. The highest BCUT2D eigenvalue weighted by atomic mass is 32.1. The number of unbranched alkanes of at least 4 members (excludes halogenated alkanes) is 1. The van der Waals surface area contributed by atoms with Crippen molar-refractivity contribution in [2.75, 3.05) is 6.54 Å². The third kappa shape index (κ3) is 4.19. The lowest BCUT2D eigenvalue weighted by Gasteiger charge is -2.20. The summed E-state index contributed by atoms with van der Waals surface area (Å²) in [6.07, 6.45) is 4.47. The Bertz CT molecular complexity index is 319. The first kappa shape index (κ1) is 13.0. The van der Waals surface area contributed by atoms with Crippen molar-refractivity contribution < 1.29 is 4.79 Å². The molecule has 88 valence electrons. The predicted octanol–water partition coefficient (Wildman–Crippen LogP) is 3.45. The van der Waals surface area contributed by atoms with Crippen LogP contribution in [0.3, 0.4) is 0 Å². The second-order valence-electron chi connectivity index (χ2n) is 3.75. The summed E-state index contributed by atoms with van der Waals surface area (Å²) in [4.78, 5) is 15.0. The van der Waals surface area contributed by atoms with Crippen LogP contribution in [-0.4, -0.2) is 17.4 Å². The lowest BCUT2D eigenvalue weighted by Crippen LogP contribution is -2.30. The molecule has 3 heteroatoms. The van der Waals surface area contributed by atoms with Gasteiger partial charge in [-0.25, -0.2) is 0 Å². The Kier molecular flexibility index (Phi) is 5.86. The molecule has 0 atom stereocenters. The minimum absolute atomic E-state index is 0.232. The molecule has 0 aliphatic carbocycles. The number of hydrogen-bond acceptors (Lipinski definition) is 2. The van der Waals surface area contributed by atoms with E-state index in [1.807, 2.05) is 16.3 Å². The van der Waals surface area contributed by atoms with Gasteiger partial charge in [0.05, 0.1) is 6.54 Å². The molecule has 0 saturated heterocycles. The Morgan fingerprint density at radius 3 is 3.00 bits per heavy atom. The summed E-state index contributed by atoms with van der Waals surface area (Å²) in [6.45, 7) is 7.16. The minimum atomic E-state index is 0.232. The summed E-state index contributed by atoms with van der Waals surface area (Å²) in [5.74, 6) is 0.232. The minimum Gasteiger partial charge on any atom is -0.334 e. The van der Waals surface area contributed by atoms with Crippen molar-refractivity contribution >= 4 is 17.2 Å². The molecule has 1 rings (SSSR count). The topological polar surface area (TPSA) is 20.3 Å². The van der Waals surface area contributed by atoms with Crippen LogP contribution in [0.15, 0.2) is 30.2 Å². The van der Waals surface area contributed by atoms with Crippen LogP contribution < -0.4 is 0 Å². The fourth-order valence-corrected chi connectivity index (χ4v) is 2.21. The second-order valence-corrected chi connectivity index (χ2v) is 4.78. The molecule has 0 saturated carbocycles. The van der Waals surface area contributed by atoms with E-state index in [0.29, 0.717) is 19.5 Å². The van der Waals surface area contributed by atoms with Gasteiger partial charge in [0, 0.05) is 17.8 Å². The van der Waals surface area contributed by atoms with Crippen molar-refractivity contribution in [1.82, 2.24) is 4.90 Å². The van der Waals surface area contributed by atoms with Crippen LogP contribution in [0.25, 0.3) is 0 Å². The summed E-state index contributed by atoms with van der Waals surface area (Å²) in [5, 5.41) is 2.04. The van der Waals surface area contributed by atoms with Gasteiger partial charge in [0.25, 0.3) is 0 Å². The monoisotopic (exact) mass is 237 g/mol. The van der Waals surface area contributed by atoms with Crippen molar-refractivity contribution in [1.29, 1.82) is 0 Å². The van der Waals surface area contributed by atoms with Gasteiger partial charge in [-0.05, 0) is 17.9 Å². The zero-order chi connectivity index (χ0) is 11.8. The Morgan fingerprint density at radius 1 is 1.62 bits per heavy atom. The van der Waals surface area contributed by atoms with Crippen molar-refractivity contribution in [3.05, 3.63) is 35.0 Å². The molecule has 0 aliphatic heterocycles. The fraction of sp³-hybridized carbons (Fsp3) is 0.462. The van der Waals surface area contributed by atoms with Crippen molar-refractivity contribution in [2.45, 2.75) is 32.7 Å². The zero-order valence-corrected chi connectivity index (χ0v) is 10.6. The van der Waals surface area contributed by atoms with Crippen molar-refractivity contribution in [3.63, 3.8) is 0 Å². The Hall–Kier alpha value is -1.09. The van der Waals surface area contributed by atoms with Crippen LogP contribution >= 0.6 is 11.3 Å². The number of nitrogens with zero attached hydrogens (tertiary/aromatic N) is 1. The van der Waals surface area contributed by atoms with E-state index in [4.69, 9.17) is 0 Å². The van der Waals surface area contributed by atoms with Crippen LogP contribution in [0.2, 0.25) is 0 Å². The summed E-state index contributed by atoms with van der Waals surface area (Å²) in [5.41, 5.74) is 0. The molecule has 0 aromatic carbocycles. The molecule has 1 amide bonds. The molecule has 1 aromatic heterocycles. The highest BCUT2D eigenvalue weighted by molar-refractivity contribution is 7.09. The van der Waals surface area contributed by atoms with Crippen molar-refractivity contribution in [3.8, 4) is 0 Å². The average molecular weight is 237 g/mol. The lowest BCUT2D eigenvalue weighted by atomic mass is 10.2. The van der Waals surface area contributed by atoms with E-state index in [1.165, 1.54) is 4.88 Å². The third-order valence-electron chi connectivity index (χ3n) is 2.37. The first-order chi connectivity index (χ1) is 7.77. The van der Waals surface area contributed by atoms with Gasteiger partial charge in [0.1, 0.15) is 0 Å². The highest BCUT2D eigenvalue weighted by Crippen LogP contribution is 2.13. The molecule has 0 fully saturated rings. The molecular formula is C13H19NOS. The van der Waals surface area contributed by atoms with Gasteiger partial charge in [-0.3, -0.25) is 4.79 Å². The van der Waals surface area contributed by atoms with Gasteiger partial charge in [-0.1, -0.05) is 25.5 Å². The Morgan fingerprint density at radius 2 is 2.44 bits per heavy atom. The largest absolute Gasteiger partial charge is 0.334 e. The molecule has 0 unspecified atom stereocenters. The summed E-state index contributed by atoms with van der Waals surface area (Å²) in [6, 6.07) is 4.08. The third-order valence-corrected chi connectivity index (χ3v) is 3.23. The van der Waals surface area contributed by atoms with E-state index in [0.717, 1.165) is 12.8 Å². The van der Waals surface area contributed by atoms with E-state index >= 15 is 0 Å². The maximum atomic E-state index is 11.9. The maximum absolute atomic E-state index is 11.9. The number of carbonyl (C=O) groups excluding carboxylic acids is 1. The van der Waals surface area contributed by atoms with Crippen LogP contribution in [0, 0.1) is 0 Å². The first-order valence-electron chi connectivity index (χ1n) is 5.69. The molecule has 0 radical (unpaired) electrons. The molecule has 16 heavy (non-hydrogen) atoms. The number of carbonyl (C=O) groups is 1. The summed E-state index contributed by atoms with van der Waals surface area (Å²) < 4.78 is 0. The summed E-state index contributed by atoms with van der Waals surface area (Å²) in [7, 11) is 0. The quantitative estimate of drug-likeness (QED) is 0.665. The normalized spacial score (nSPS) is 10.1. The molecule has 1 heterocycles. The average Bonchev–Trinajstić information content (AvgIpc) is 2.78. The van der Waals surface area contributed by atoms with Gasteiger partial charge in [-0.2, -0.15) is 0 Å². The molecule has 0 aliphatic rings. The molecule has 2 nitrogen and oxygen atoms in total. The van der Waals surface area contributed by atoms with E-state index in [9.17, 15) is 4.79 Å². The molecule has 0 N–H and O–H groups in total. The lowest BCUT2D eigenvalue weighted by molar-refractivity contribution is -0.131. The van der Waals surface area contributed by atoms with Gasteiger partial charge in [0.15, 0.2) is 0 Å². The maximum Gasteiger partial charge on any atom is 0.223 e.